The van der Waals surface area contributed by atoms with E-state index in [4.69, 9.17) is 9.72 Å². The van der Waals surface area contributed by atoms with E-state index in [1.54, 1.807) is 11.3 Å². The lowest BCUT2D eigenvalue weighted by atomic mass is 10.1. The van der Waals surface area contributed by atoms with Gasteiger partial charge < -0.3 is 15.4 Å². The molecule has 138 valence electrons. The number of hydrogen-bond acceptors (Lipinski definition) is 5. The second-order valence-electron chi connectivity index (χ2n) is 5.50. The third-order valence-electron chi connectivity index (χ3n) is 3.76. The second-order valence-corrected chi connectivity index (χ2v) is 6.79. The van der Waals surface area contributed by atoms with Crippen molar-refractivity contribution >= 4 is 42.1 Å². The maximum atomic E-state index is 12.0. The minimum Gasteiger partial charge on any atom is -0.378 e. The van der Waals surface area contributed by atoms with Gasteiger partial charge in [-0.25, -0.2) is 4.98 Å². The van der Waals surface area contributed by atoms with Gasteiger partial charge in [0, 0.05) is 30.0 Å². The number of rotatable bonds is 5. The number of amides is 1. The topological polar surface area (TPSA) is 63.2 Å². The van der Waals surface area contributed by atoms with Crippen LogP contribution in [0.4, 0.5) is 0 Å². The molecule has 1 aromatic heterocycles. The van der Waals surface area contributed by atoms with Crippen molar-refractivity contribution in [1.82, 2.24) is 15.6 Å². The number of carbonyl (C=O) groups is 1. The fourth-order valence-electron chi connectivity index (χ4n) is 2.57. The summed E-state index contributed by atoms with van der Waals surface area (Å²) in [5, 5.41) is 7.16. The molecule has 1 aliphatic heterocycles. The number of nitrogens with one attached hydrogen (secondary N) is 2. The minimum absolute atomic E-state index is 0. The Bertz CT molecular complexity index is 661. The number of hydrogen-bond donors (Lipinski definition) is 2. The normalized spacial score (nSPS) is 16.4. The predicted molar refractivity (Wildman–Crippen MR) is 106 cm³/mol. The standard InChI is InChI=1S/C17H21N3O2S.2ClH/c1-12-16(13-5-3-2-4-6-13)20-15(23-12)7-8-19-17(21)14-11-22-10-9-18-14;;/h2-6,14,18H,7-11H2,1H3,(H,19,21);2*1H. The molecule has 1 saturated heterocycles. The van der Waals surface area contributed by atoms with Gasteiger partial charge in [0.1, 0.15) is 6.04 Å². The quantitative estimate of drug-likeness (QED) is 0.804. The van der Waals surface area contributed by atoms with Crippen molar-refractivity contribution in [2.75, 3.05) is 26.3 Å². The van der Waals surface area contributed by atoms with E-state index in [-0.39, 0.29) is 36.8 Å². The largest absolute Gasteiger partial charge is 0.378 e. The highest BCUT2D eigenvalue weighted by Crippen LogP contribution is 2.27. The van der Waals surface area contributed by atoms with Gasteiger partial charge >= 0.3 is 0 Å². The van der Waals surface area contributed by atoms with Crippen LogP contribution in [0.3, 0.4) is 0 Å². The van der Waals surface area contributed by atoms with Gasteiger partial charge in [-0.15, -0.1) is 36.2 Å². The van der Waals surface area contributed by atoms with E-state index < -0.39 is 0 Å². The molecule has 8 heteroatoms. The van der Waals surface area contributed by atoms with Crippen molar-refractivity contribution in [3.63, 3.8) is 0 Å². The number of morpholine rings is 1. The molecule has 0 bridgehead atoms. The Morgan fingerprint density at radius 3 is 2.80 bits per heavy atom. The third kappa shape index (κ3) is 5.94. The average molecular weight is 404 g/mol. The molecule has 3 rings (SSSR count). The van der Waals surface area contributed by atoms with Gasteiger partial charge in [-0.2, -0.15) is 0 Å². The molecule has 1 atom stereocenters. The number of halogens is 2. The molecule has 1 aromatic carbocycles. The summed E-state index contributed by atoms with van der Waals surface area (Å²) in [5.41, 5.74) is 2.18. The molecule has 1 aliphatic rings. The zero-order chi connectivity index (χ0) is 16.1. The van der Waals surface area contributed by atoms with Crippen LogP contribution in [-0.2, 0) is 16.0 Å². The molecule has 2 N–H and O–H groups in total. The van der Waals surface area contributed by atoms with E-state index in [2.05, 4.69) is 29.7 Å². The second kappa shape index (κ2) is 10.7. The van der Waals surface area contributed by atoms with E-state index in [1.807, 2.05) is 18.2 Å². The number of benzene rings is 1. The molecule has 0 saturated carbocycles. The first-order valence-corrected chi connectivity index (χ1v) is 8.66. The van der Waals surface area contributed by atoms with E-state index in [0.29, 0.717) is 19.8 Å². The summed E-state index contributed by atoms with van der Waals surface area (Å²) in [6.07, 6.45) is 0.748. The van der Waals surface area contributed by atoms with Crippen LogP contribution in [0.25, 0.3) is 11.3 Å². The Labute approximate surface area is 164 Å². The van der Waals surface area contributed by atoms with Gasteiger partial charge in [0.2, 0.25) is 5.91 Å². The number of ether oxygens (including phenoxy) is 1. The maximum absolute atomic E-state index is 12.0. The van der Waals surface area contributed by atoms with Gasteiger partial charge in [0.25, 0.3) is 0 Å². The molecule has 0 spiro atoms. The highest BCUT2D eigenvalue weighted by Gasteiger charge is 2.20. The molecular weight excluding hydrogens is 381 g/mol. The summed E-state index contributed by atoms with van der Waals surface area (Å²) in [6, 6.07) is 9.96. The number of carbonyl (C=O) groups excluding carboxylic acids is 1. The van der Waals surface area contributed by atoms with Crippen LogP contribution in [0.15, 0.2) is 30.3 Å². The lowest BCUT2D eigenvalue weighted by Crippen LogP contribution is -2.51. The lowest BCUT2D eigenvalue weighted by Gasteiger charge is -2.22. The molecule has 1 unspecified atom stereocenters. The van der Waals surface area contributed by atoms with Gasteiger partial charge in [-0.3, -0.25) is 4.79 Å². The molecular formula is C17H23Cl2N3O2S. The summed E-state index contributed by atoms with van der Waals surface area (Å²) < 4.78 is 5.30. The molecule has 2 heterocycles. The van der Waals surface area contributed by atoms with Crippen LogP contribution >= 0.6 is 36.2 Å². The van der Waals surface area contributed by atoms with Crippen LogP contribution in [0.1, 0.15) is 9.88 Å². The SMILES string of the molecule is Cc1sc(CCNC(=O)C2COCCN2)nc1-c1ccccc1.Cl.Cl. The fraction of sp³-hybridized carbons (Fsp3) is 0.412. The molecule has 0 radical (unpaired) electrons. The Balaban J connectivity index is 0.00000156. The smallest absolute Gasteiger partial charge is 0.239 e. The molecule has 25 heavy (non-hydrogen) atoms. The number of nitrogens with zero attached hydrogens (tertiary/aromatic N) is 1. The van der Waals surface area contributed by atoms with Gasteiger partial charge in [-0.1, -0.05) is 30.3 Å². The molecule has 5 nitrogen and oxygen atoms in total. The van der Waals surface area contributed by atoms with Crippen molar-refractivity contribution in [2.24, 2.45) is 0 Å². The van der Waals surface area contributed by atoms with E-state index in [9.17, 15) is 4.79 Å². The first-order chi connectivity index (χ1) is 11.2. The first kappa shape index (κ1) is 21.9. The Kier molecular flexibility index (Phi) is 9.38. The number of aromatic nitrogens is 1. The fourth-order valence-corrected chi connectivity index (χ4v) is 3.53. The van der Waals surface area contributed by atoms with E-state index >= 15 is 0 Å². The van der Waals surface area contributed by atoms with Crippen molar-refractivity contribution in [3.8, 4) is 11.3 Å². The monoisotopic (exact) mass is 403 g/mol. The summed E-state index contributed by atoms with van der Waals surface area (Å²) >= 11 is 1.69. The van der Waals surface area contributed by atoms with E-state index in [0.717, 1.165) is 29.2 Å². The Morgan fingerprint density at radius 2 is 2.12 bits per heavy atom. The van der Waals surface area contributed by atoms with Crippen molar-refractivity contribution in [3.05, 3.63) is 40.2 Å². The van der Waals surface area contributed by atoms with Crippen molar-refractivity contribution < 1.29 is 9.53 Å². The molecule has 0 aliphatic carbocycles. The van der Waals surface area contributed by atoms with Crippen LogP contribution in [0.5, 0.6) is 0 Å². The predicted octanol–water partition coefficient (Wildman–Crippen LogP) is 2.61. The summed E-state index contributed by atoms with van der Waals surface area (Å²) in [7, 11) is 0. The van der Waals surface area contributed by atoms with Crippen molar-refractivity contribution in [2.45, 2.75) is 19.4 Å². The van der Waals surface area contributed by atoms with Gasteiger partial charge in [-0.05, 0) is 6.92 Å². The lowest BCUT2D eigenvalue weighted by molar-refractivity contribution is -0.125. The highest BCUT2D eigenvalue weighted by atomic mass is 35.5. The summed E-state index contributed by atoms with van der Waals surface area (Å²) in [4.78, 5) is 17.9. The minimum atomic E-state index is -0.235. The zero-order valence-electron chi connectivity index (χ0n) is 14.0. The Morgan fingerprint density at radius 1 is 1.36 bits per heavy atom. The van der Waals surface area contributed by atoms with Crippen LogP contribution in [-0.4, -0.2) is 43.2 Å². The van der Waals surface area contributed by atoms with Gasteiger partial charge in [0.15, 0.2) is 0 Å². The molecule has 1 fully saturated rings. The first-order valence-electron chi connectivity index (χ1n) is 7.84. The molecule has 1 amide bonds. The molecule has 2 aromatic rings. The van der Waals surface area contributed by atoms with Crippen LogP contribution < -0.4 is 10.6 Å². The highest BCUT2D eigenvalue weighted by molar-refractivity contribution is 7.12. The Hall–Kier alpha value is -1.18. The van der Waals surface area contributed by atoms with Crippen LogP contribution in [0, 0.1) is 6.92 Å². The summed E-state index contributed by atoms with van der Waals surface area (Å²) in [5.74, 6) is 0.00117. The number of thiazole rings is 1. The average Bonchev–Trinajstić information content (AvgIpc) is 2.97. The maximum Gasteiger partial charge on any atom is 0.239 e. The van der Waals surface area contributed by atoms with Crippen LogP contribution in [0.2, 0.25) is 0 Å². The third-order valence-corrected chi connectivity index (χ3v) is 4.79. The zero-order valence-corrected chi connectivity index (χ0v) is 16.4. The summed E-state index contributed by atoms with van der Waals surface area (Å²) in [6.45, 7) is 4.53. The van der Waals surface area contributed by atoms with Gasteiger partial charge in [0.05, 0.1) is 23.9 Å². The number of aryl methyl sites for hydroxylation is 1. The van der Waals surface area contributed by atoms with Crippen molar-refractivity contribution in [1.29, 1.82) is 0 Å². The van der Waals surface area contributed by atoms with E-state index in [1.165, 1.54) is 4.88 Å².